The summed E-state index contributed by atoms with van der Waals surface area (Å²) in [5.41, 5.74) is 3.22. The largest absolute Gasteiger partial charge is 0.0651 e. The molecular weight excluding hydrogens is 1180 g/mol. The predicted molar refractivity (Wildman–Crippen MR) is 438 cm³/mol. The number of rotatable bonds is 3. The van der Waals surface area contributed by atoms with Crippen molar-refractivity contribution >= 4 is 0 Å². The Labute approximate surface area is 619 Å². The first-order chi connectivity index (χ1) is 46.3. The third-order valence-electron chi connectivity index (χ3n) is 36.4. The van der Waals surface area contributed by atoms with Crippen LogP contribution in [0.5, 0.6) is 0 Å². The van der Waals surface area contributed by atoms with Crippen LogP contribution in [0.2, 0.25) is 0 Å². The molecule has 0 heteroatoms. The minimum Gasteiger partial charge on any atom is -0.0651 e. The number of hydrogen-bond acceptors (Lipinski definition) is 0. The molecule has 20 atom stereocenters. The molecule has 98 heavy (non-hydrogen) atoms. The molecule has 18 aliphatic rings. The van der Waals surface area contributed by atoms with Gasteiger partial charge in [-0.05, 0) is 316 Å². The van der Waals surface area contributed by atoms with E-state index in [0.717, 1.165) is 153 Å². The van der Waals surface area contributed by atoms with Crippen LogP contribution >= 0.6 is 0 Å². The summed E-state index contributed by atoms with van der Waals surface area (Å²) in [4.78, 5) is 0. The van der Waals surface area contributed by atoms with Gasteiger partial charge in [0.25, 0.3) is 0 Å². The van der Waals surface area contributed by atoms with Crippen molar-refractivity contribution in [2.24, 2.45) is 175 Å². The Morgan fingerprint density at radius 1 is 0.276 bits per heavy atom. The average molecular weight is 1360 g/mol. The van der Waals surface area contributed by atoms with E-state index >= 15 is 0 Å². The van der Waals surface area contributed by atoms with Gasteiger partial charge in [0.1, 0.15) is 0 Å². The molecule has 0 spiro atoms. The van der Waals surface area contributed by atoms with Crippen molar-refractivity contribution in [1.29, 1.82) is 0 Å². The van der Waals surface area contributed by atoms with Crippen molar-refractivity contribution in [2.75, 3.05) is 0 Å². The molecule has 0 radical (unpaired) electrons. The standard InChI is InChI=1S/C11H22.C10H18.4C9H16.2C9H18.C8H14.C8H16.C7H14/c1-9-10(2,3)7-6-8-11(9,4)5;1-7-8-4-5-9(6-8)10(7,2)3;1-7-5-8-3-4-9(7,2)6-8;1-6-7(2)9-4-3-8(6)5-9;1-7-6-8-2-4-9(7)5-3-8;1-2-8-5-7-3-4-9(8)6-7;1-8-6-4-5-7-9(8,2)3;1-7-5-4-6-8(2)9(7)3;1-6-4-7-2-3-8(6)5-7;1-2-8-6-4-3-5-7-8;1-2-7-5-3-4-6-7/h9H,6-8H2,1-5H3;7-9H,4-6H2,1-3H3;7-8H,3-6H2,1-2H3;6-9H,3-5H2,1-2H3;2*7-9H,2-6H2,1H3;8H,4-7H2,1-3H3;7-9H,4-6H2,1-3H3;6-8H,2-5H2,1H3;8H,2-7H2,1H3;7H,2-6H2,1H3/t;2*7-,8?,9?;6-,7?,8?,9?;;;8-;;6-,7?,8?;;/m.100..1.0../s1. The molecule has 18 saturated carbocycles. The summed E-state index contributed by atoms with van der Waals surface area (Å²) in [6.07, 6.45) is 67.8. The van der Waals surface area contributed by atoms with Crippen LogP contribution in [-0.4, -0.2) is 0 Å². The van der Waals surface area contributed by atoms with Crippen LogP contribution < -0.4 is 0 Å². The van der Waals surface area contributed by atoms with Gasteiger partial charge in [-0.3, -0.25) is 0 Å². The summed E-state index contributed by atoms with van der Waals surface area (Å²) >= 11 is 0. The second-order valence-corrected chi connectivity index (χ2v) is 43.7. The molecule has 18 aliphatic carbocycles. The molecule has 0 nitrogen and oxygen atoms in total. The van der Waals surface area contributed by atoms with Crippen LogP contribution in [0.4, 0.5) is 0 Å². The Balaban J connectivity index is 0.000000152. The second-order valence-electron chi connectivity index (χ2n) is 43.7. The van der Waals surface area contributed by atoms with Gasteiger partial charge in [-0.25, -0.2) is 0 Å². The van der Waals surface area contributed by atoms with Crippen LogP contribution in [0, 0.1) is 175 Å². The first-order valence-electron chi connectivity index (χ1n) is 46.3. The summed E-state index contributed by atoms with van der Waals surface area (Å²) in [7, 11) is 0. The Kier molecular flexibility index (Phi) is 34.6. The van der Waals surface area contributed by atoms with Crippen LogP contribution in [-0.2, 0) is 0 Å². The van der Waals surface area contributed by atoms with Gasteiger partial charge in [0.2, 0.25) is 0 Å². The smallest absolute Gasteiger partial charge is 0.0297 e. The highest BCUT2D eigenvalue weighted by Crippen LogP contribution is 2.60. The first-order valence-corrected chi connectivity index (χ1v) is 46.3. The Morgan fingerprint density at radius 3 is 1.01 bits per heavy atom. The lowest BCUT2D eigenvalue weighted by Crippen LogP contribution is -2.38. The zero-order chi connectivity index (χ0) is 71.8. The zero-order valence-electron chi connectivity index (χ0n) is 71.8. The van der Waals surface area contributed by atoms with E-state index in [1.807, 2.05) is 0 Å². The number of hydrogen-bond donors (Lipinski definition) is 0. The van der Waals surface area contributed by atoms with E-state index in [2.05, 4.69) is 159 Å². The summed E-state index contributed by atoms with van der Waals surface area (Å²) in [5.74, 6) is 26.6. The fourth-order valence-corrected chi connectivity index (χ4v) is 26.0. The van der Waals surface area contributed by atoms with Gasteiger partial charge >= 0.3 is 0 Å². The summed E-state index contributed by atoms with van der Waals surface area (Å²) in [6.45, 7) is 55.4. The molecule has 0 N–H and O–H groups in total. The van der Waals surface area contributed by atoms with Gasteiger partial charge in [0.05, 0.1) is 0 Å². The Bertz CT molecular complexity index is 2070. The van der Waals surface area contributed by atoms with Gasteiger partial charge in [-0.1, -0.05) is 307 Å². The fraction of sp³-hybridized carbons (Fsp3) is 1.00. The SMILES string of the molecule is CC1C(C)(C)CCCC1(C)C.CC1C2CCC(C2)[C@H]1C.CC1CC2CCC1CC2.CC1CCCC(C)C1C.CCC1CC2CCC1C2.CCC1CCCC1.CCC1CCCCC1.C[C@@H]1C2CCC(C2)C1(C)C.C[C@@H]1CCCCC1(C)C.C[C@H]1CC2CCC1(C)C2.C[C@H]1CC2CCC1C2. The minimum atomic E-state index is 0.571. The van der Waals surface area contributed by atoms with Crippen LogP contribution in [0.25, 0.3) is 0 Å². The molecule has 15 unspecified atom stereocenters. The van der Waals surface area contributed by atoms with Crippen molar-refractivity contribution in [2.45, 2.75) is 448 Å². The molecule has 0 aromatic rings. The highest BCUT2D eigenvalue weighted by Gasteiger charge is 2.51. The van der Waals surface area contributed by atoms with E-state index in [0.29, 0.717) is 21.7 Å². The summed E-state index contributed by atoms with van der Waals surface area (Å²) in [5, 5.41) is 0. The van der Waals surface area contributed by atoms with Crippen molar-refractivity contribution in [3.63, 3.8) is 0 Å². The van der Waals surface area contributed by atoms with E-state index in [4.69, 9.17) is 0 Å². The molecule has 12 bridgehead atoms. The summed E-state index contributed by atoms with van der Waals surface area (Å²) < 4.78 is 0. The third kappa shape index (κ3) is 24.5. The average Bonchev–Trinajstić information content (AvgIpc) is 1.60. The molecule has 0 aliphatic heterocycles. The highest BCUT2D eigenvalue weighted by atomic mass is 14.6. The lowest BCUT2D eigenvalue weighted by atomic mass is 9.58. The zero-order valence-corrected chi connectivity index (χ0v) is 71.8. The van der Waals surface area contributed by atoms with Crippen LogP contribution in [0.1, 0.15) is 448 Å². The van der Waals surface area contributed by atoms with Crippen molar-refractivity contribution in [1.82, 2.24) is 0 Å². The molecular formula is C98H184. The Hall–Kier alpha value is 0. The second kappa shape index (κ2) is 39.7. The number of fused-ring (bicyclic) bond motifs is 13. The lowest BCUT2D eigenvalue weighted by Gasteiger charge is -2.47. The molecule has 0 aromatic heterocycles. The van der Waals surface area contributed by atoms with E-state index in [-0.39, 0.29) is 0 Å². The minimum absolute atomic E-state index is 0.571. The maximum absolute atomic E-state index is 2.48. The molecule has 0 aromatic carbocycles. The third-order valence-corrected chi connectivity index (χ3v) is 36.4. The summed E-state index contributed by atoms with van der Waals surface area (Å²) in [6, 6.07) is 0. The first kappa shape index (κ1) is 85.3. The van der Waals surface area contributed by atoms with Gasteiger partial charge in [-0.2, -0.15) is 0 Å². The van der Waals surface area contributed by atoms with Crippen molar-refractivity contribution < 1.29 is 0 Å². The Morgan fingerprint density at radius 2 is 0.745 bits per heavy atom. The monoisotopic (exact) mass is 1360 g/mol. The molecule has 576 valence electrons. The van der Waals surface area contributed by atoms with E-state index < -0.39 is 0 Å². The molecule has 0 saturated heterocycles. The van der Waals surface area contributed by atoms with Gasteiger partial charge in [0.15, 0.2) is 0 Å². The van der Waals surface area contributed by atoms with Crippen LogP contribution in [0.15, 0.2) is 0 Å². The molecule has 18 fully saturated rings. The van der Waals surface area contributed by atoms with Gasteiger partial charge in [-0.15, -0.1) is 0 Å². The molecule has 0 heterocycles. The van der Waals surface area contributed by atoms with Crippen molar-refractivity contribution in [3.05, 3.63) is 0 Å². The molecule has 18 rings (SSSR count). The van der Waals surface area contributed by atoms with E-state index in [9.17, 15) is 0 Å². The maximum Gasteiger partial charge on any atom is -0.0297 e. The quantitative estimate of drug-likeness (QED) is 0.264. The van der Waals surface area contributed by atoms with E-state index in [1.54, 1.807) is 89.9 Å². The topological polar surface area (TPSA) is 0 Å². The van der Waals surface area contributed by atoms with Crippen LogP contribution in [0.3, 0.4) is 0 Å². The van der Waals surface area contributed by atoms with Crippen molar-refractivity contribution in [3.8, 4) is 0 Å². The fourth-order valence-electron chi connectivity index (χ4n) is 26.0. The predicted octanol–water partition coefficient (Wildman–Crippen LogP) is 32.4. The van der Waals surface area contributed by atoms with Gasteiger partial charge < -0.3 is 0 Å². The normalized spacial score (nSPS) is 43.1. The lowest BCUT2D eigenvalue weighted by molar-refractivity contribution is 0.0286. The highest BCUT2D eigenvalue weighted by molar-refractivity contribution is 5.00. The van der Waals surface area contributed by atoms with E-state index in [1.165, 1.54) is 199 Å². The maximum atomic E-state index is 2.48. The van der Waals surface area contributed by atoms with Gasteiger partial charge in [0, 0.05) is 0 Å². The molecule has 0 amide bonds.